The molecule has 2 N–H and O–H groups in total. The number of amides is 3. The largest absolute Gasteiger partial charge is 0.416 e. The maximum absolute atomic E-state index is 13.7. The van der Waals surface area contributed by atoms with Crippen LogP contribution in [-0.4, -0.2) is 45.9 Å². The number of rotatable bonds is 9. The minimum atomic E-state index is -5.06. The number of urea groups is 1. The van der Waals surface area contributed by atoms with Crippen molar-refractivity contribution in [1.29, 1.82) is 0 Å². The van der Waals surface area contributed by atoms with E-state index in [0.29, 0.717) is 37.9 Å². The van der Waals surface area contributed by atoms with Crippen LogP contribution >= 0.6 is 0 Å². The van der Waals surface area contributed by atoms with Crippen LogP contribution < -0.4 is 5.32 Å². The van der Waals surface area contributed by atoms with Crippen LogP contribution in [0.15, 0.2) is 72.9 Å². The van der Waals surface area contributed by atoms with Crippen molar-refractivity contribution < 1.29 is 35.9 Å². The Kier molecular flexibility index (Phi) is 8.62. The lowest BCUT2D eigenvalue weighted by molar-refractivity contribution is -0.143. The summed E-state index contributed by atoms with van der Waals surface area (Å²) in [6.07, 6.45) is -6.60. The van der Waals surface area contributed by atoms with Crippen molar-refractivity contribution in [3.63, 3.8) is 0 Å². The van der Waals surface area contributed by atoms with Crippen molar-refractivity contribution in [3.8, 4) is 0 Å². The number of para-hydroxylation sites is 1. The number of benzene rings is 3. The highest BCUT2D eigenvalue weighted by Gasteiger charge is 2.38. The molecule has 0 saturated heterocycles. The second-order valence-electron chi connectivity index (χ2n) is 11.0. The number of aromatic amines is 1. The van der Waals surface area contributed by atoms with E-state index in [1.165, 1.54) is 4.90 Å². The summed E-state index contributed by atoms with van der Waals surface area (Å²) in [6.45, 7) is 2.13. The number of aromatic nitrogens is 1. The quantitative estimate of drug-likeness (QED) is 0.189. The zero-order chi connectivity index (χ0) is 31.6. The fourth-order valence-electron chi connectivity index (χ4n) is 5.02. The first kappa shape index (κ1) is 31.0. The fraction of sp³-hybridized carbons (Fsp3) is 0.312. The molecule has 44 heavy (non-hydrogen) atoms. The van der Waals surface area contributed by atoms with Crippen LogP contribution in [-0.2, 0) is 30.1 Å². The molecular formula is C32H30F6N4O2. The standard InChI is InChI=1S/C32H30F6N4O2/c1-20-6-8-21(9-7-20)18-41(13-12-22-17-39-28-5-3-2-4-27(22)28)29(43)19-42(26-10-11-26)30(44)40-25-15-23(31(33,34)35)14-24(16-25)32(36,37)38/h2-9,14-17,26,39H,10-13,18-19H2,1H3,(H,40,44). The molecule has 1 saturated carbocycles. The number of nitrogens with one attached hydrogen (secondary N) is 2. The summed E-state index contributed by atoms with van der Waals surface area (Å²) < 4.78 is 80.1. The van der Waals surface area contributed by atoms with Gasteiger partial charge in [-0.1, -0.05) is 48.0 Å². The van der Waals surface area contributed by atoms with Gasteiger partial charge in [0.2, 0.25) is 5.91 Å². The molecule has 6 nitrogen and oxygen atoms in total. The number of alkyl halides is 6. The van der Waals surface area contributed by atoms with Gasteiger partial charge in [-0.2, -0.15) is 26.3 Å². The van der Waals surface area contributed by atoms with Crippen LogP contribution in [0.4, 0.5) is 36.8 Å². The number of carbonyl (C=O) groups excluding carboxylic acids is 2. The molecule has 3 aromatic carbocycles. The number of anilines is 1. The molecule has 5 rings (SSSR count). The Morgan fingerprint density at radius 3 is 2.16 bits per heavy atom. The molecule has 0 unspecified atom stereocenters. The minimum Gasteiger partial charge on any atom is -0.361 e. The second kappa shape index (κ2) is 12.3. The van der Waals surface area contributed by atoms with Gasteiger partial charge in [0.1, 0.15) is 6.54 Å². The SMILES string of the molecule is Cc1ccc(CN(CCc2c[nH]c3ccccc23)C(=O)CN(C(=O)Nc2cc(C(F)(F)F)cc(C(F)(F)F)c2)C2CC2)cc1. The van der Waals surface area contributed by atoms with Crippen LogP contribution in [0, 0.1) is 6.92 Å². The Morgan fingerprint density at radius 1 is 0.909 bits per heavy atom. The summed E-state index contributed by atoms with van der Waals surface area (Å²) in [5, 5.41) is 3.20. The molecule has 3 amide bonds. The number of carbonyl (C=O) groups is 2. The molecule has 1 fully saturated rings. The number of nitrogens with zero attached hydrogens (tertiary/aromatic N) is 2. The Labute approximate surface area is 249 Å². The predicted molar refractivity (Wildman–Crippen MR) is 154 cm³/mol. The van der Waals surface area contributed by atoms with E-state index in [4.69, 9.17) is 0 Å². The van der Waals surface area contributed by atoms with E-state index >= 15 is 0 Å². The fourth-order valence-corrected chi connectivity index (χ4v) is 5.02. The van der Waals surface area contributed by atoms with Crippen LogP contribution in [0.2, 0.25) is 0 Å². The van der Waals surface area contributed by atoms with Gasteiger partial charge < -0.3 is 20.1 Å². The molecule has 0 spiro atoms. The van der Waals surface area contributed by atoms with Gasteiger partial charge in [-0.05, 0) is 61.6 Å². The first-order chi connectivity index (χ1) is 20.8. The lowest BCUT2D eigenvalue weighted by Crippen LogP contribution is -2.45. The molecule has 0 radical (unpaired) electrons. The molecule has 1 aliphatic rings. The van der Waals surface area contributed by atoms with Crippen LogP contribution in [0.5, 0.6) is 0 Å². The maximum Gasteiger partial charge on any atom is 0.416 e. The number of halogens is 6. The van der Waals surface area contributed by atoms with Crippen molar-refractivity contribution >= 4 is 28.5 Å². The van der Waals surface area contributed by atoms with Gasteiger partial charge in [-0.25, -0.2) is 4.79 Å². The van der Waals surface area contributed by atoms with Gasteiger partial charge in [0.05, 0.1) is 11.1 Å². The topological polar surface area (TPSA) is 68.4 Å². The van der Waals surface area contributed by atoms with Crippen molar-refractivity contribution in [3.05, 3.63) is 101 Å². The van der Waals surface area contributed by atoms with Gasteiger partial charge in [0, 0.05) is 41.9 Å². The summed E-state index contributed by atoms with van der Waals surface area (Å²) in [4.78, 5) is 33.0. The highest BCUT2D eigenvalue weighted by Crippen LogP contribution is 2.38. The summed E-state index contributed by atoms with van der Waals surface area (Å²) in [5.74, 6) is -0.396. The van der Waals surface area contributed by atoms with Gasteiger partial charge in [-0.3, -0.25) is 4.79 Å². The Hall–Kier alpha value is -4.48. The van der Waals surface area contributed by atoms with Gasteiger partial charge >= 0.3 is 18.4 Å². The third-order valence-electron chi connectivity index (χ3n) is 7.57. The van der Waals surface area contributed by atoms with E-state index in [9.17, 15) is 35.9 Å². The van der Waals surface area contributed by atoms with E-state index in [2.05, 4.69) is 10.3 Å². The average molecular weight is 617 g/mol. The summed E-state index contributed by atoms with van der Waals surface area (Å²) in [7, 11) is 0. The molecule has 1 aliphatic carbocycles. The van der Waals surface area contributed by atoms with E-state index in [-0.39, 0.29) is 25.2 Å². The minimum absolute atomic E-state index is 0.00546. The monoisotopic (exact) mass is 616 g/mol. The van der Waals surface area contributed by atoms with Gasteiger partial charge in [0.15, 0.2) is 0 Å². The van der Waals surface area contributed by atoms with E-state index in [1.807, 2.05) is 61.7 Å². The number of aryl methyl sites for hydroxylation is 1. The third-order valence-corrected chi connectivity index (χ3v) is 7.57. The lowest BCUT2D eigenvalue weighted by atomic mass is 10.1. The molecular weight excluding hydrogens is 586 g/mol. The first-order valence-corrected chi connectivity index (χ1v) is 14.0. The summed E-state index contributed by atoms with van der Waals surface area (Å²) in [5.41, 5.74) is 0.129. The van der Waals surface area contributed by atoms with E-state index < -0.39 is 41.1 Å². The molecule has 232 valence electrons. The van der Waals surface area contributed by atoms with Crippen molar-refractivity contribution in [2.24, 2.45) is 0 Å². The normalized spacial score (nSPS) is 13.6. The van der Waals surface area contributed by atoms with E-state index in [1.54, 1.807) is 4.90 Å². The third kappa shape index (κ3) is 7.53. The van der Waals surface area contributed by atoms with Crippen LogP contribution in [0.1, 0.15) is 40.7 Å². The van der Waals surface area contributed by atoms with Crippen molar-refractivity contribution in [1.82, 2.24) is 14.8 Å². The summed E-state index contributed by atoms with van der Waals surface area (Å²) >= 11 is 0. The highest BCUT2D eigenvalue weighted by atomic mass is 19.4. The van der Waals surface area contributed by atoms with Gasteiger partial charge in [0.25, 0.3) is 0 Å². The van der Waals surface area contributed by atoms with Crippen LogP contribution in [0.3, 0.4) is 0 Å². The number of hydrogen-bond acceptors (Lipinski definition) is 2. The molecule has 0 atom stereocenters. The molecule has 1 heterocycles. The molecule has 4 aromatic rings. The number of fused-ring (bicyclic) bond motifs is 1. The molecule has 1 aromatic heterocycles. The smallest absolute Gasteiger partial charge is 0.361 e. The predicted octanol–water partition coefficient (Wildman–Crippen LogP) is 7.78. The Bertz CT molecular complexity index is 1610. The number of hydrogen-bond donors (Lipinski definition) is 2. The highest BCUT2D eigenvalue weighted by molar-refractivity contribution is 5.93. The maximum atomic E-state index is 13.7. The van der Waals surface area contributed by atoms with Gasteiger partial charge in [-0.15, -0.1) is 0 Å². The average Bonchev–Trinajstić information content (AvgIpc) is 3.73. The molecule has 12 heteroatoms. The molecule has 0 aliphatic heterocycles. The molecule has 0 bridgehead atoms. The Morgan fingerprint density at radius 2 is 1.55 bits per heavy atom. The summed E-state index contributed by atoms with van der Waals surface area (Å²) in [6, 6.07) is 15.0. The van der Waals surface area contributed by atoms with E-state index in [0.717, 1.165) is 27.6 Å². The zero-order valence-electron chi connectivity index (χ0n) is 23.7. The van der Waals surface area contributed by atoms with Crippen LogP contribution in [0.25, 0.3) is 10.9 Å². The first-order valence-electron chi connectivity index (χ1n) is 14.0. The van der Waals surface area contributed by atoms with Crippen molar-refractivity contribution in [2.45, 2.75) is 51.1 Å². The van der Waals surface area contributed by atoms with Crippen molar-refractivity contribution in [2.75, 3.05) is 18.4 Å². The number of H-pyrrole nitrogens is 1. The Balaban J connectivity index is 1.35. The lowest BCUT2D eigenvalue weighted by Gasteiger charge is -2.28. The zero-order valence-corrected chi connectivity index (χ0v) is 23.7. The second-order valence-corrected chi connectivity index (χ2v) is 11.0.